The summed E-state index contributed by atoms with van der Waals surface area (Å²) in [6.07, 6.45) is -5.25. The van der Waals surface area contributed by atoms with Crippen LogP contribution in [0.2, 0.25) is 0 Å². The standard InChI is InChI=1S/C17H17F3N8O2S/c1-4-27(5-2)11-6-7-12(14(8-11)28(31(29)30)17(18,19)20)24-25-16-23-13(9-21)15(10-22)26(16)3/h6-8H,4-5H2,1-3H3,(H,29,30)/p-1. The molecule has 2 aromatic rings. The molecule has 31 heavy (non-hydrogen) atoms. The van der Waals surface area contributed by atoms with Crippen LogP contribution in [0.5, 0.6) is 0 Å². The van der Waals surface area contributed by atoms with E-state index in [1.54, 1.807) is 30.9 Å². The lowest BCUT2D eigenvalue weighted by Gasteiger charge is -2.30. The number of nitriles is 2. The van der Waals surface area contributed by atoms with Gasteiger partial charge in [-0.25, -0.2) is 4.31 Å². The van der Waals surface area contributed by atoms with Crippen LogP contribution in [0.15, 0.2) is 28.4 Å². The van der Waals surface area contributed by atoms with Crippen LogP contribution in [0.25, 0.3) is 0 Å². The fraction of sp³-hybridized carbons (Fsp3) is 0.353. The Bertz CT molecular complexity index is 1100. The molecule has 0 N–H and O–H groups in total. The van der Waals surface area contributed by atoms with Crippen molar-refractivity contribution in [3.63, 3.8) is 0 Å². The van der Waals surface area contributed by atoms with Gasteiger partial charge in [-0.15, -0.1) is 23.4 Å². The number of halogens is 3. The van der Waals surface area contributed by atoms with Crippen LogP contribution in [0.3, 0.4) is 0 Å². The predicted octanol–water partition coefficient (Wildman–Crippen LogP) is 3.55. The second kappa shape index (κ2) is 9.55. The predicted molar refractivity (Wildman–Crippen MR) is 104 cm³/mol. The highest BCUT2D eigenvalue weighted by atomic mass is 32.2. The molecule has 0 amide bonds. The Morgan fingerprint density at radius 2 is 1.87 bits per heavy atom. The van der Waals surface area contributed by atoms with E-state index in [0.29, 0.717) is 18.8 Å². The van der Waals surface area contributed by atoms with Crippen LogP contribution < -0.4 is 9.21 Å². The molecule has 1 atom stereocenters. The van der Waals surface area contributed by atoms with E-state index in [0.717, 1.165) is 10.6 Å². The fourth-order valence-corrected chi connectivity index (χ4v) is 3.20. The van der Waals surface area contributed by atoms with Gasteiger partial charge in [0, 0.05) is 25.8 Å². The molecule has 0 aliphatic heterocycles. The van der Waals surface area contributed by atoms with Gasteiger partial charge in [-0.1, -0.05) is 0 Å². The Balaban J connectivity index is 2.66. The van der Waals surface area contributed by atoms with Crippen molar-refractivity contribution in [3.05, 3.63) is 29.6 Å². The minimum atomic E-state index is -5.25. The highest BCUT2D eigenvalue weighted by Gasteiger charge is 2.40. The smallest absolute Gasteiger partial charge is 0.495 e. The molecule has 0 bridgehead atoms. The Morgan fingerprint density at radius 3 is 2.32 bits per heavy atom. The zero-order valence-corrected chi connectivity index (χ0v) is 17.4. The number of nitrogens with zero attached hydrogens (tertiary/aromatic N) is 8. The van der Waals surface area contributed by atoms with E-state index in [4.69, 9.17) is 10.5 Å². The summed E-state index contributed by atoms with van der Waals surface area (Å²) in [5.41, 5.74) is -1.14. The number of alkyl halides is 3. The van der Waals surface area contributed by atoms with Crippen LogP contribution >= 0.6 is 0 Å². The molecule has 0 spiro atoms. The maximum Gasteiger partial charge on any atom is 0.495 e. The van der Waals surface area contributed by atoms with Gasteiger partial charge < -0.3 is 14.0 Å². The van der Waals surface area contributed by atoms with Crippen LogP contribution in [0.1, 0.15) is 25.2 Å². The first kappa shape index (κ1) is 23.8. The monoisotopic (exact) mass is 453 g/mol. The molecular weight excluding hydrogens is 437 g/mol. The van der Waals surface area contributed by atoms with Crippen molar-refractivity contribution in [1.29, 1.82) is 10.5 Å². The number of aromatic nitrogens is 2. The van der Waals surface area contributed by atoms with Crippen molar-refractivity contribution in [2.45, 2.75) is 20.1 Å². The van der Waals surface area contributed by atoms with E-state index in [-0.39, 0.29) is 17.3 Å². The molecule has 0 fully saturated rings. The van der Waals surface area contributed by atoms with E-state index in [1.165, 1.54) is 19.2 Å². The molecule has 10 nitrogen and oxygen atoms in total. The van der Waals surface area contributed by atoms with Gasteiger partial charge in [-0.2, -0.15) is 15.5 Å². The second-order valence-corrected chi connectivity index (χ2v) is 6.72. The highest BCUT2D eigenvalue weighted by Crippen LogP contribution is 2.40. The average molecular weight is 453 g/mol. The van der Waals surface area contributed by atoms with Crippen LogP contribution in [-0.4, -0.2) is 37.7 Å². The third kappa shape index (κ3) is 4.99. The summed E-state index contributed by atoms with van der Waals surface area (Å²) >= 11 is -3.68. The summed E-state index contributed by atoms with van der Waals surface area (Å²) in [6.45, 7) is 4.55. The first-order valence-corrected chi connectivity index (χ1v) is 9.76. The van der Waals surface area contributed by atoms with Crippen LogP contribution in [0.4, 0.5) is 36.2 Å². The molecule has 0 aliphatic carbocycles. The molecule has 0 saturated carbocycles. The molecule has 1 aromatic heterocycles. The number of rotatable bonds is 7. The summed E-state index contributed by atoms with van der Waals surface area (Å²) in [5, 5.41) is 25.5. The minimum Gasteiger partial charge on any atom is -0.755 e. The number of benzene rings is 1. The van der Waals surface area contributed by atoms with Gasteiger partial charge >= 0.3 is 6.30 Å². The van der Waals surface area contributed by atoms with Crippen LogP contribution in [0, 0.1) is 22.7 Å². The van der Waals surface area contributed by atoms with Crippen LogP contribution in [-0.2, 0) is 18.3 Å². The third-order valence-electron chi connectivity index (χ3n) is 4.22. The summed E-state index contributed by atoms with van der Waals surface area (Å²) in [5.74, 6) is -0.214. The zero-order valence-electron chi connectivity index (χ0n) is 16.6. The van der Waals surface area contributed by atoms with Gasteiger partial charge in [-0.3, -0.25) is 4.21 Å². The topological polar surface area (TPSA) is 137 Å². The van der Waals surface area contributed by atoms with Gasteiger partial charge in [0.2, 0.25) is 0 Å². The number of hydrogen-bond donors (Lipinski definition) is 0. The van der Waals surface area contributed by atoms with Gasteiger partial charge in [0.15, 0.2) is 11.4 Å². The van der Waals surface area contributed by atoms with Gasteiger partial charge in [0.05, 0.1) is 17.0 Å². The second-order valence-electron chi connectivity index (χ2n) is 5.92. The van der Waals surface area contributed by atoms with E-state index >= 15 is 0 Å². The van der Waals surface area contributed by atoms with E-state index < -0.39 is 33.2 Å². The third-order valence-corrected chi connectivity index (χ3v) is 4.92. The molecule has 0 saturated heterocycles. The molecule has 0 aliphatic rings. The Kier molecular flexibility index (Phi) is 7.32. The molecule has 0 radical (unpaired) electrons. The summed E-state index contributed by atoms with van der Waals surface area (Å²) in [7, 11) is 1.37. The van der Waals surface area contributed by atoms with Gasteiger partial charge in [0.1, 0.15) is 17.8 Å². The summed E-state index contributed by atoms with van der Waals surface area (Å²) in [4.78, 5) is 5.52. The van der Waals surface area contributed by atoms with Crippen molar-refractivity contribution in [2.24, 2.45) is 17.3 Å². The lowest BCUT2D eigenvalue weighted by molar-refractivity contribution is -0.115. The summed E-state index contributed by atoms with van der Waals surface area (Å²) in [6, 6.07) is 7.18. The SMILES string of the molecule is CCN(CC)c1ccc(N=Nc2nc(C#N)c(C#N)n2C)c(N(S(=O)[O-])C(F)(F)F)c1. The number of hydrogen-bond acceptors (Lipinski definition) is 8. The lowest BCUT2D eigenvalue weighted by atomic mass is 10.2. The largest absolute Gasteiger partial charge is 0.755 e. The summed E-state index contributed by atoms with van der Waals surface area (Å²) < 4.78 is 63.6. The molecular formula is C17H16F3N8O2S-. The lowest BCUT2D eigenvalue weighted by Crippen LogP contribution is -2.39. The van der Waals surface area contributed by atoms with Crippen molar-refractivity contribution < 1.29 is 21.9 Å². The minimum absolute atomic E-state index is 0.105. The maximum absolute atomic E-state index is 13.5. The molecule has 1 aromatic carbocycles. The van der Waals surface area contributed by atoms with Gasteiger partial charge in [0.25, 0.3) is 5.95 Å². The van der Waals surface area contributed by atoms with E-state index in [1.807, 2.05) is 0 Å². The molecule has 2 rings (SSSR count). The van der Waals surface area contributed by atoms with Gasteiger partial charge in [-0.05, 0) is 32.0 Å². The molecule has 1 unspecified atom stereocenters. The normalized spacial score (nSPS) is 12.4. The quantitative estimate of drug-likeness (QED) is 0.357. The number of anilines is 2. The molecule has 14 heteroatoms. The average Bonchev–Trinajstić information content (AvgIpc) is 3.01. The number of azo groups is 1. The van der Waals surface area contributed by atoms with E-state index in [9.17, 15) is 21.9 Å². The Labute approximate surface area is 178 Å². The van der Waals surface area contributed by atoms with Crippen molar-refractivity contribution in [1.82, 2.24) is 9.55 Å². The maximum atomic E-state index is 13.5. The highest BCUT2D eigenvalue weighted by molar-refractivity contribution is 7.80. The van der Waals surface area contributed by atoms with E-state index in [2.05, 4.69) is 15.2 Å². The number of imidazole rings is 1. The van der Waals surface area contributed by atoms with Crippen molar-refractivity contribution >= 4 is 34.3 Å². The fourth-order valence-electron chi connectivity index (χ4n) is 2.73. The first-order chi connectivity index (χ1) is 14.6. The molecule has 1 heterocycles. The molecule has 164 valence electrons. The zero-order chi connectivity index (χ0) is 23.3. The Hall–Kier alpha value is -3.49. The first-order valence-electron chi connectivity index (χ1n) is 8.72. The van der Waals surface area contributed by atoms with Crippen molar-refractivity contribution in [3.8, 4) is 12.1 Å². The Morgan fingerprint density at radius 1 is 1.23 bits per heavy atom. The van der Waals surface area contributed by atoms with Crippen molar-refractivity contribution in [2.75, 3.05) is 22.3 Å².